The first-order valence-electron chi connectivity index (χ1n) is 2.77. The second-order valence-electron chi connectivity index (χ2n) is 0.678. The molecule has 16 heavy (non-hydrogen) atoms. The first-order valence-corrected chi connectivity index (χ1v) is 2.77. The molecule has 6 nitrogen and oxygen atoms in total. The summed E-state index contributed by atoms with van der Waals surface area (Å²) in [7, 11) is 0. The molecule has 1 radical (unpaired) electrons. The fraction of sp³-hybridized carbons (Fsp3) is 0.333. The minimum absolute atomic E-state index is 0. The summed E-state index contributed by atoms with van der Waals surface area (Å²) in [4.78, 5) is 11.7. The molecule has 7 heteroatoms. The van der Waals surface area contributed by atoms with Crippen molar-refractivity contribution in [2.75, 3.05) is 6.54 Å². The zero-order valence-corrected chi connectivity index (χ0v) is 9.75. The molecule has 0 N–H and O–H groups in total. The van der Waals surface area contributed by atoms with E-state index in [1.54, 1.807) is 0 Å². The van der Waals surface area contributed by atoms with Crippen molar-refractivity contribution < 1.29 is 40.5 Å². The van der Waals surface area contributed by atoms with Crippen molar-refractivity contribution in [3.8, 4) is 0 Å². The third-order valence-corrected chi connectivity index (χ3v) is 0.158. The van der Waals surface area contributed by atoms with Gasteiger partial charge in [-0.05, 0) is 0 Å². The van der Waals surface area contributed by atoms with Gasteiger partial charge in [-0.1, -0.05) is 0 Å². The molecule has 0 fully saturated rings. The Hall–Kier alpha value is -1.36. The van der Waals surface area contributed by atoms with Gasteiger partial charge < -0.3 is 9.64 Å². The molecule has 0 atom stereocenters. The van der Waals surface area contributed by atoms with Crippen LogP contribution in [0.1, 0.15) is 13.8 Å². The van der Waals surface area contributed by atoms with Crippen LogP contribution in [0.25, 0.3) is 4.85 Å². The van der Waals surface area contributed by atoms with Gasteiger partial charge in [0.1, 0.15) is 0 Å². The molecule has 0 rings (SSSR count). The van der Waals surface area contributed by atoms with Crippen LogP contribution in [0.15, 0.2) is 0 Å². The summed E-state index contributed by atoms with van der Waals surface area (Å²) >= 11 is 0. The largest absolute Gasteiger partial charge is 0 e. The van der Waals surface area contributed by atoms with Crippen molar-refractivity contribution in [2.45, 2.75) is 13.8 Å². The summed E-state index contributed by atoms with van der Waals surface area (Å²) in [5, 5.41) is 0. The predicted molar refractivity (Wildman–Crippen MR) is 44.2 cm³/mol. The van der Waals surface area contributed by atoms with Crippen LogP contribution >= 0.6 is 0 Å². The third-order valence-electron chi connectivity index (χ3n) is 0.158. The molecule has 0 aliphatic carbocycles. The first kappa shape index (κ1) is 46.7. The van der Waals surface area contributed by atoms with Crippen LogP contribution in [0.3, 0.4) is 0 Å². The maximum atomic E-state index is 8.68. The van der Waals surface area contributed by atoms with E-state index >= 15 is 0 Å². The normalized spacial score (nSPS) is 2.56. The second-order valence-corrected chi connectivity index (χ2v) is 0.678. The van der Waals surface area contributed by atoms with E-state index in [9.17, 15) is 0 Å². The van der Waals surface area contributed by atoms with Crippen LogP contribution in [0.5, 0.6) is 0 Å². The van der Waals surface area contributed by atoms with Gasteiger partial charge in [0, 0.05) is 24.0 Å². The molecule has 87 valence electrons. The summed E-state index contributed by atoms with van der Waals surface area (Å²) < 4.78 is 30.0. The molecule has 0 heterocycles. The molecular weight excluding hydrogens is 257 g/mol. The number of hydrogen-bond donors (Lipinski definition) is 0. The van der Waals surface area contributed by atoms with Gasteiger partial charge in [0.05, 0.1) is 0 Å². The predicted octanol–water partition coefficient (Wildman–Crippen LogP) is 0.889. The van der Waals surface area contributed by atoms with Gasteiger partial charge in [0.25, 0.3) is 0 Å². The van der Waals surface area contributed by atoms with E-state index in [1.807, 2.05) is 6.92 Å². The molecule has 0 spiro atoms. The Morgan fingerprint density at radius 2 is 1.06 bits per heavy atom. The summed E-state index contributed by atoms with van der Waals surface area (Å²) in [6.45, 7) is 27.8. The van der Waals surface area contributed by atoms with E-state index in [-0.39, 0.29) is 17.1 Å². The Morgan fingerprint density at radius 1 is 1.00 bits per heavy atom. The maximum absolute atomic E-state index is 8.68. The van der Waals surface area contributed by atoms with Gasteiger partial charge in [-0.2, -0.15) is 6.92 Å². The average Bonchev–Trinajstić information content (AvgIpc) is 2.39. The molecule has 0 unspecified atom stereocenters. The first-order chi connectivity index (χ1) is 7.33. The molecule has 0 bridgehead atoms. The zero-order valence-electron chi connectivity index (χ0n) is 8.57. The topological polar surface area (TPSA) is 101 Å². The fourth-order valence-electron chi connectivity index (χ4n) is 0. The van der Waals surface area contributed by atoms with Gasteiger partial charge in [-0.3, -0.25) is 6.29 Å². The molecule has 0 aromatic heterocycles. The van der Waals surface area contributed by atoms with Crippen LogP contribution < -0.4 is 0 Å². The molecule has 0 aliphatic rings. The van der Waals surface area contributed by atoms with Crippen molar-refractivity contribution in [2.24, 2.45) is 0 Å². The molecule has 0 amide bonds. The summed E-state index contributed by atoms with van der Waals surface area (Å²) in [5.74, 6) is 0. The smallest absolute Gasteiger partial charge is 0 e. The summed E-state index contributed by atoms with van der Waals surface area (Å²) in [6.07, 6.45) is 1.50. The van der Waals surface area contributed by atoms with Gasteiger partial charge in [0.2, 0.25) is 6.54 Å². The number of rotatable bonds is 0. The van der Waals surface area contributed by atoms with Crippen molar-refractivity contribution in [1.82, 2.24) is 0 Å². The SMILES string of the molecule is C[C-]=O.[C-]#[N+]CC.[C-]#[O+].[C-]#[O+].[C-]#[O+].[C-]#[O+].[Mn]. The van der Waals surface area contributed by atoms with Crippen molar-refractivity contribution in [3.05, 3.63) is 38.0 Å². The minimum atomic E-state index is 0. The van der Waals surface area contributed by atoms with E-state index in [1.165, 1.54) is 13.2 Å². The number of carbonyl (C=O) groups excluding carboxylic acids is 1. The number of nitrogens with zero attached hydrogens (tertiary/aromatic N) is 1. The van der Waals surface area contributed by atoms with Crippen LogP contribution in [0.4, 0.5) is 0 Å². The van der Waals surface area contributed by atoms with Crippen molar-refractivity contribution in [3.63, 3.8) is 0 Å². The van der Waals surface area contributed by atoms with E-state index in [2.05, 4.69) is 31.4 Å². The average molecular weight is 265 g/mol. The Bertz CT molecular complexity index is 166. The van der Waals surface area contributed by atoms with E-state index < -0.39 is 0 Å². The van der Waals surface area contributed by atoms with Crippen molar-refractivity contribution >= 4 is 6.29 Å². The van der Waals surface area contributed by atoms with Crippen LogP contribution in [-0.2, 0) is 40.5 Å². The molecule has 0 aliphatic heterocycles. The maximum Gasteiger partial charge on any atom is 0 e. The number of hydrogen-bond acceptors (Lipinski definition) is 1. The monoisotopic (exact) mass is 265 g/mol. The van der Waals surface area contributed by atoms with E-state index in [4.69, 9.17) is 30.0 Å². The fourth-order valence-corrected chi connectivity index (χ4v) is 0. The molecule has 0 saturated heterocycles. The van der Waals surface area contributed by atoms with E-state index in [0.717, 1.165) is 0 Å². The Balaban J connectivity index is -0.0000000124. The van der Waals surface area contributed by atoms with Crippen LogP contribution in [-0.4, -0.2) is 12.8 Å². The van der Waals surface area contributed by atoms with Crippen LogP contribution in [0.2, 0.25) is 0 Å². The molecular formula is C9H8MnNO5-. The van der Waals surface area contributed by atoms with Gasteiger partial charge >= 0.3 is 45.2 Å². The molecule has 0 aromatic carbocycles. The van der Waals surface area contributed by atoms with Crippen molar-refractivity contribution in [1.29, 1.82) is 0 Å². The second kappa shape index (κ2) is 811. The van der Waals surface area contributed by atoms with E-state index in [0.29, 0.717) is 6.54 Å². The molecule has 0 saturated carbocycles. The standard InChI is InChI=1S/C3H5N.C2H3O.4CO.Mn/c1-3-4-2;1-2-3;4*1-2;/h3H2,1H3;1H3;;;;;/q;-1;;;;;. The quantitative estimate of drug-likeness (QED) is 0.362. The molecule has 0 aromatic rings. The Morgan fingerprint density at radius 3 is 1.06 bits per heavy atom. The van der Waals surface area contributed by atoms with Gasteiger partial charge in [-0.15, -0.1) is 0 Å². The van der Waals surface area contributed by atoms with Crippen LogP contribution in [0, 0.1) is 33.2 Å². The zero-order chi connectivity index (χ0) is 14.1. The minimum Gasteiger partial charge on any atom is 0 e. The third kappa shape index (κ3) is 13200. The van der Waals surface area contributed by atoms with Gasteiger partial charge in [-0.25, -0.2) is 6.57 Å². The Kier molecular flexibility index (Phi) is 2360. The summed E-state index contributed by atoms with van der Waals surface area (Å²) in [5.41, 5.74) is 0. The summed E-state index contributed by atoms with van der Waals surface area (Å²) in [6, 6.07) is 0. The van der Waals surface area contributed by atoms with Gasteiger partial charge in [0.15, 0.2) is 0 Å². The Labute approximate surface area is 106 Å².